The molecule has 41 heavy (non-hydrogen) atoms. The Morgan fingerprint density at radius 3 is 2.41 bits per heavy atom. The predicted molar refractivity (Wildman–Crippen MR) is 155 cm³/mol. The zero-order chi connectivity index (χ0) is 29.0. The van der Waals surface area contributed by atoms with Crippen LogP contribution >= 0.6 is 11.3 Å². The number of nitrogens with zero attached hydrogens (tertiary/aromatic N) is 4. The van der Waals surface area contributed by atoms with Gasteiger partial charge in [0.2, 0.25) is 15.8 Å². The Balaban J connectivity index is 1.13. The first-order valence-electron chi connectivity index (χ1n) is 13.9. The van der Waals surface area contributed by atoms with Crippen molar-refractivity contribution < 1.29 is 22.0 Å². The molecule has 0 atom stereocenters. The van der Waals surface area contributed by atoms with Gasteiger partial charge in [0.15, 0.2) is 5.13 Å². The Bertz CT molecular complexity index is 1450. The van der Waals surface area contributed by atoms with Gasteiger partial charge in [-0.05, 0) is 82.4 Å². The van der Waals surface area contributed by atoms with Gasteiger partial charge in [-0.25, -0.2) is 22.2 Å². The van der Waals surface area contributed by atoms with Gasteiger partial charge in [0, 0.05) is 31.0 Å². The number of anilines is 2. The molecule has 2 saturated heterocycles. The largest absolute Gasteiger partial charge is 0.382 e. The van der Waals surface area contributed by atoms with Gasteiger partial charge in [-0.2, -0.15) is 4.31 Å². The quantitative estimate of drug-likeness (QED) is 0.329. The molecule has 1 aromatic carbocycles. The van der Waals surface area contributed by atoms with E-state index in [0.717, 1.165) is 61.6 Å². The average Bonchev–Trinajstić information content (AvgIpc) is 3.33. The summed E-state index contributed by atoms with van der Waals surface area (Å²) in [4.78, 5) is 23.9. The fourth-order valence-corrected chi connectivity index (χ4v) is 7.65. The van der Waals surface area contributed by atoms with Gasteiger partial charge >= 0.3 is 0 Å². The molecular weight excluding hydrogens is 570 g/mol. The lowest BCUT2D eigenvalue weighted by Gasteiger charge is -2.31. The number of halogens is 2. The van der Waals surface area contributed by atoms with Gasteiger partial charge in [0.25, 0.3) is 0 Å². The summed E-state index contributed by atoms with van der Waals surface area (Å²) in [5.41, 5.74) is 6.12. The molecule has 0 unspecified atom stereocenters. The molecule has 0 saturated carbocycles. The molecule has 13 heteroatoms. The van der Waals surface area contributed by atoms with E-state index in [1.54, 1.807) is 12.1 Å². The summed E-state index contributed by atoms with van der Waals surface area (Å²) in [6.45, 7) is 3.95. The van der Waals surface area contributed by atoms with Crippen molar-refractivity contribution in [2.75, 3.05) is 43.8 Å². The van der Waals surface area contributed by atoms with Crippen molar-refractivity contribution in [1.29, 1.82) is 0 Å². The molecule has 9 nitrogen and oxygen atoms in total. The summed E-state index contributed by atoms with van der Waals surface area (Å²) in [7, 11) is -3.68. The molecule has 2 fully saturated rings. The number of carbonyl (C=O) groups is 1. The first-order chi connectivity index (χ1) is 19.7. The van der Waals surface area contributed by atoms with Gasteiger partial charge in [0.1, 0.15) is 27.2 Å². The third-order valence-corrected chi connectivity index (χ3v) is 10.5. The normalized spacial score (nSPS) is 17.5. The van der Waals surface area contributed by atoms with Crippen LogP contribution < -0.4 is 11.1 Å². The number of rotatable bonds is 10. The molecule has 3 N–H and O–H groups in total. The van der Waals surface area contributed by atoms with E-state index in [4.69, 9.17) is 5.73 Å². The van der Waals surface area contributed by atoms with E-state index in [1.165, 1.54) is 35.8 Å². The number of carbonyl (C=O) groups excluding carboxylic acids is 1. The van der Waals surface area contributed by atoms with E-state index >= 15 is 0 Å². The lowest BCUT2D eigenvalue weighted by atomic mass is 10.1. The first-order valence-corrected chi connectivity index (χ1v) is 16.2. The van der Waals surface area contributed by atoms with Crippen LogP contribution in [-0.2, 0) is 16.4 Å². The zero-order valence-corrected chi connectivity index (χ0v) is 24.3. The molecule has 2 aromatic heterocycles. The fourth-order valence-electron chi connectivity index (χ4n) is 5.33. The van der Waals surface area contributed by atoms with E-state index in [2.05, 4.69) is 20.2 Å². The van der Waals surface area contributed by atoms with Crippen molar-refractivity contribution in [1.82, 2.24) is 19.2 Å². The van der Waals surface area contributed by atoms with Crippen LogP contribution in [0.4, 0.5) is 19.7 Å². The highest BCUT2D eigenvalue weighted by molar-refractivity contribution is 7.89. The van der Waals surface area contributed by atoms with E-state index in [1.807, 2.05) is 0 Å². The Morgan fingerprint density at radius 1 is 1.05 bits per heavy atom. The van der Waals surface area contributed by atoms with Gasteiger partial charge in [-0.15, -0.1) is 0 Å². The Morgan fingerprint density at radius 2 is 1.76 bits per heavy atom. The summed E-state index contributed by atoms with van der Waals surface area (Å²) >= 11 is 0.919. The zero-order valence-electron chi connectivity index (χ0n) is 22.7. The van der Waals surface area contributed by atoms with Crippen LogP contribution in [0.15, 0.2) is 41.4 Å². The number of hydrogen-bond donors (Lipinski definition) is 2. The Labute approximate surface area is 242 Å². The van der Waals surface area contributed by atoms with E-state index in [0.29, 0.717) is 31.1 Å². The molecular formula is C28H34F2N6O3S2. The minimum Gasteiger partial charge on any atom is -0.382 e. The molecule has 4 heterocycles. The Hall–Kier alpha value is -3.00. The van der Waals surface area contributed by atoms with Gasteiger partial charge in [0.05, 0.1) is 5.56 Å². The summed E-state index contributed by atoms with van der Waals surface area (Å²) < 4.78 is 56.1. The smallest absolute Gasteiger partial charge is 0.244 e. The lowest BCUT2D eigenvalue weighted by molar-refractivity contribution is 0.103. The van der Waals surface area contributed by atoms with Crippen LogP contribution in [0.2, 0.25) is 0 Å². The Kier molecular flexibility index (Phi) is 9.27. The number of aryl methyl sites for hydroxylation is 1. The highest BCUT2D eigenvalue weighted by atomic mass is 32.2. The van der Waals surface area contributed by atoms with Gasteiger partial charge in [-0.1, -0.05) is 23.8 Å². The third kappa shape index (κ3) is 6.91. The van der Waals surface area contributed by atoms with Crippen molar-refractivity contribution in [2.45, 2.75) is 55.9 Å². The number of nitrogens with one attached hydrogen (secondary N) is 1. The molecule has 0 bridgehead atoms. The number of nitrogens with two attached hydrogens (primary N) is 1. The molecule has 3 aromatic rings. The molecule has 0 amide bonds. The number of sulfonamides is 1. The molecule has 0 radical (unpaired) electrons. The molecule has 2 aliphatic heterocycles. The summed E-state index contributed by atoms with van der Waals surface area (Å²) in [5, 5.41) is 3.53. The van der Waals surface area contributed by atoms with Crippen LogP contribution in [0, 0.1) is 11.6 Å². The van der Waals surface area contributed by atoms with Crippen molar-refractivity contribution in [3.8, 4) is 0 Å². The number of pyridine rings is 1. The number of likely N-dealkylation sites (tertiary alicyclic amines) is 1. The van der Waals surface area contributed by atoms with Crippen molar-refractivity contribution >= 4 is 38.1 Å². The fraction of sp³-hybridized carbons (Fsp3) is 0.464. The predicted octanol–water partition coefficient (Wildman–Crippen LogP) is 4.31. The SMILES string of the molecule is Nc1nc(NC2CCN(S(=O)(=O)c3ccc(CCCN4CCCCC4)nc3)CC2)sc1C(=O)c1c(F)cccc1F. The second-order valence-corrected chi connectivity index (χ2v) is 13.4. The van der Waals surface area contributed by atoms with Crippen LogP contribution in [0.5, 0.6) is 0 Å². The third-order valence-electron chi connectivity index (χ3n) is 7.62. The van der Waals surface area contributed by atoms with Crippen LogP contribution in [0.25, 0.3) is 0 Å². The number of ketones is 1. The maximum absolute atomic E-state index is 14.1. The van der Waals surface area contributed by atoms with E-state index < -0.39 is 33.0 Å². The molecule has 0 spiro atoms. The number of piperidine rings is 2. The average molecular weight is 605 g/mol. The summed E-state index contributed by atoms with van der Waals surface area (Å²) in [6, 6.07) is 6.53. The maximum atomic E-state index is 14.1. The van der Waals surface area contributed by atoms with Crippen LogP contribution in [0.3, 0.4) is 0 Å². The molecule has 5 rings (SSSR count). The summed E-state index contributed by atoms with van der Waals surface area (Å²) in [6.07, 6.45) is 8.12. The van der Waals surface area contributed by atoms with Gasteiger partial charge in [-0.3, -0.25) is 9.78 Å². The lowest BCUT2D eigenvalue weighted by Crippen LogP contribution is -2.42. The maximum Gasteiger partial charge on any atom is 0.244 e. The van der Waals surface area contributed by atoms with Crippen molar-refractivity contribution in [3.05, 3.63) is 64.3 Å². The monoisotopic (exact) mass is 604 g/mol. The highest BCUT2D eigenvalue weighted by Gasteiger charge is 2.31. The molecule has 2 aliphatic rings. The minimum absolute atomic E-state index is 0.0565. The topological polar surface area (TPSA) is 122 Å². The van der Waals surface area contributed by atoms with E-state index in [9.17, 15) is 22.0 Å². The minimum atomic E-state index is -3.68. The number of benzene rings is 1. The number of hydrogen-bond acceptors (Lipinski definition) is 9. The summed E-state index contributed by atoms with van der Waals surface area (Å²) in [5.74, 6) is -2.93. The standard InChI is InChI=1S/C28H34F2N6O3S2/c29-22-7-4-8-23(30)24(22)25(37)26-27(31)34-28(40-26)33-20-11-16-36(17-12-20)41(38,39)21-10-9-19(32-18-21)6-5-15-35-13-2-1-3-14-35/h4,7-10,18,20H,1-3,5-6,11-17,31H2,(H,33,34). The highest BCUT2D eigenvalue weighted by Crippen LogP contribution is 2.31. The number of nitrogen functional groups attached to an aromatic ring is 1. The van der Waals surface area contributed by atoms with Gasteiger partial charge < -0.3 is 16.0 Å². The van der Waals surface area contributed by atoms with E-state index in [-0.39, 0.29) is 21.6 Å². The molecule has 220 valence electrons. The molecule has 0 aliphatic carbocycles. The second kappa shape index (κ2) is 12.9. The second-order valence-electron chi connectivity index (χ2n) is 10.5. The number of aromatic nitrogens is 2. The van der Waals surface area contributed by atoms with Crippen LogP contribution in [0.1, 0.15) is 59.5 Å². The van der Waals surface area contributed by atoms with Crippen LogP contribution in [-0.4, -0.2) is 72.1 Å². The number of thiazole rings is 1. The van der Waals surface area contributed by atoms with Crippen molar-refractivity contribution in [2.24, 2.45) is 0 Å². The first kappa shape index (κ1) is 29.5. The van der Waals surface area contributed by atoms with Crippen molar-refractivity contribution in [3.63, 3.8) is 0 Å².